The lowest BCUT2D eigenvalue weighted by Crippen LogP contribution is -2.17. The Morgan fingerprint density at radius 3 is 2.61 bits per heavy atom. The third kappa shape index (κ3) is 4.72. The number of carbonyl (C=O) groups is 1. The zero-order valence-corrected chi connectivity index (χ0v) is 17.6. The maximum Gasteiger partial charge on any atom is 0.255 e. The molecule has 2 N–H and O–H groups in total. The van der Waals surface area contributed by atoms with Gasteiger partial charge < -0.3 is 5.32 Å². The number of nitrogens with zero attached hydrogens (tertiary/aromatic N) is 3. The van der Waals surface area contributed by atoms with E-state index in [9.17, 15) is 13.2 Å². The molecule has 9 heteroatoms. The Kier molecular flexibility index (Phi) is 5.68. The normalized spacial score (nSPS) is 11.4. The van der Waals surface area contributed by atoms with E-state index in [4.69, 9.17) is 0 Å². The second-order valence-electron chi connectivity index (χ2n) is 6.96. The minimum atomic E-state index is -3.43. The van der Waals surface area contributed by atoms with Gasteiger partial charge in [-0.1, -0.05) is 25.1 Å². The Morgan fingerprint density at radius 2 is 1.84 bits per heavy atom. The highest BCUT2D eigenvalue weighted by atomic mass is 32.2. The van der Waals surface area contributed by atoms with Gasteiger partial charge in [-0.2, -0.15) is 0 Å². The number of pyridine rings is 1. The summed E-state index contributed by atoms with van der Waals surface area (Å²) in [7, 11) is -3.43. The van der Waals surface area contributed by atoms with Gasteiger partial charge in [0.15, 0.2) is 0 Å². The molecule has 2 aromatic heterocycles. The fourth-order valence-electron chi connectivity index (χ4n) is 3.17. The molecule has 0 unspecified atom stereocenters. The van der Waals surface area contributed by atoms with Crippen LogP contribution in [0.5, 0.6) is 0 Å². The van der Waals surface area contributed by atoms with Crippen LogP contribution in [0.4, 0.5) is 11.4 Å². The SMILES string of the molecule is CCCS(=O)(=O)Nc1cccc(C(=O)Nc2ccc(-n3cnc4ccccc43)nc2)c1. The molecule has 1 amide bonds. The number of hydrogen-bond donors (Lipinski definition) is 2. The second-order valence-corrected chi connectivity index (χ2v) is 8.81. The van der Waals surface area contributed by atoms with Crippen molar-refractivity contribution < 1.29 is 13.2 Å². The first kappa shape index (κ1) is 20.5. The van der Waals surface area contributed by atoms with Gasteiger partial charge in [0.05, 0.1) is 28.7 Å². The number of amides is 1. The lowest BCUT2D eigenvalue weighted by atomic mass is 10.2. The molecule has 158 valence electrons. The maximum absolute atomic E-state index is 12.6. The first-order chi connectivity index (χ1) is 14.9. The number of hydrogen-bond acceptors (Lipinski definition) is 5. The van der Waals surface area contributed by atoms with Crippen molar-refractivity contribution in [3.63, 3.8) is 0 Å². The number of benzene rings is 2. The number of aromatic nitrogens is 3. The molecule has 2 heterocycles. The van der Waals surface area contributed by atoms with E-state index in [0.29, 0.717) is 29.2 Å². The number of rotatable bonds is 7. The summed E-state index contributed by atoms with van der Waals surface area (Å²) in [4.78, 5) is 21.4. The molecule has 0 bridgehead atoms. The number of carbonyl (C=O) groups excluding carboxylic acids is 1. The number of sulfonamides is 1. The molecule has 0 atom stereocenters. The summed E-state index contributed by atoms with van der Waals surface area (Å²) in [6.45, 7) is 1.79. The molecule has 0 fully saturated rings. The zero-order chi connectivity index (χ0) is 21.8. The summed E-state index contributed by atoms with van der Waals surface area (Å²) in [6, 6.07) is 17.6. The number of anilines is 2. The second kappa shape index (κ2) is 8.57. The highest BCUT2D eigenvalue weighted by Gasteiger charge is 2.12. The summed E-state index contributed by atoms with van der Waals surface area (Å²) < 4.78 is 28.3. The maximum atomic E-state index is 12.6. The lowest BCUT2D eigenvalue weighted by Gasteiger charge is -2.10. The molecular weight excluding hydrogens is 414 g/mol. The first-order valence-corrected chi connectivity index (χ1v) is 11.4. The van der Waals surface area contributed by atoms with Crippen LogP contribution in [0, 0.1) is 0 Å². The molecule has 31 heavy (non-hydrogen) atoms. The van der Waals surface area contributed by atoms with E-state index in [1.807, 2.05) is 28.8 Å². The molecule has 0 aliphatic carbocycles. The van der Waals surface area contributed by atoms with E-state index in [1.54, 1.807) is 49.8 Å². The fraction of sp³-hybridized carbons (Fsp3) is 0.136. The summed E-state index contributed by atoms with van der Waals surface area (Å²) in [5, 5.41) is 2.78. The molecule has 0 saturated carbocycles. The van der Waals surface area contributed by atoms with Crippen molar-refractivity contribution in [1.29, 1.82) is 0 Å². The van der Waals surface area contributed by atoms with Crippen molar-refractivity contribution in [3.05, 3.63) is 78.8 Å². The van der Waals surface area contributed by atoms with Gasteiger partial charge in [-0.15, -0.1) is 0 Å². The average molecular weight is 436 g/mol. The van der Waals surface area contributed by atoms with Gasteiger partial charge in [0.25, 0.3) is 5.91 Å². The molecule has 0 radical (unpaired) electrons. The van der Waals surface area contributed by atoms with Gasteiger partial charge in [0.2, 0.25) is 10.0 Å². The zero-order valence-electron chi connectivity index (χ0n) is 16.8. The Labute approximate surface area is 180 Å². The van der Waals surface area contributed by atoms with Crippen molar-refractivity contribution in [2.45, 2.75) is 13.3 Å². The molecular formula is C22H21N5O3S. The standard InChI is InChI=1S/C22H21N5O3S/c1-2-12-31(29,30)26-17-7-5-6-16(13-17)22(28)25-18-10-11-21(23-14-18)27-15-24-19-8-3-4-9-20(19)27/h3-11,13-15,26H,2,12H2,1H3,(H,25,28). The molecule has 8 nitrogen and oxygen atoms in total. The largest absolute Gasteiger partial charge is 0.321 e. The van der Waals surface area contributed by atoms with Crippen molar-refractivity contribution in [1.82, 2.24) is 14.5 Å². The molecule has 0 aliphatic heterocycles. The first-order valence-electron chi connectivity index (χ1n) is 9.75. The monoisotopic (exact) mass is 435 g/mol. The van der Waals surface area contributed by atoms with Crippen LogP contribution >= 0.6 is 0 Å². The predicted octanol–water partition coefficient (Wildman–Crippen LogP) is 3.82. The van der Waals surface area contributed by atoms with Crippen molar-refractivity contribution >= 4 is 38.3 Å². The predicted molar refractivity (Wildman–Crippen MR) is 121 cm³/mol. The summed E-state index contributed by atoms with van der Waals surface area (Å²) in [5.41, 5.74) is 3.02. The topological polar surface area (TPSA) is 106 Å². The van der Waals surface area contributed by atoms with Crippen molar-refractivity contribution in [2.24, 2.45) is 0 Å². The summed E-state index contributed by atoms with van der Waals surface area (Å²) >= 11 is 0. The van der Waals surface area contributed by atoms with Crippen LogP contribution in [0.25, 0.3) is 16.9 Å². The van der Waals surface area contributed by atoms with E-state index < -0.39 is 10.0 Å². The Balaban J connectivity index is 1.48. The number of para-hydroxylation sites is 2. The van der Waals surface area contributed by atoms with E-state index in [1.165, 1.54) is 6.07 Å². The molecule has 4 rings (SSSR count). The molecule has 0 spiro atoms. The van der Waals surface area contributed by atoms with Crippen LogP contribution in [0.15, 0.2) is 73.2 Å². The third-order valence-corrected chi connectivity index (χ3v) is 6.07. The highest BCUT2D eigenvalue weighted by molar-refractivity contribution is 7.92. The molecule has 0 aliphatic rings. The third-order valence-electron chi connectivity index (χ3n) is 4.58. The minimum Gasteiger partial charge on any atom is -0.321 e. The highest BCUT2D eigenvalue weighted by Crippen LogP contribution is 2.19. The Hall–Kier alpha value is -3.72. The van der Waals surface area contributed by atoms with Crippen molar-refractivity contribution in [2.75, 3.05) is 15.8 Å². The average Bonchev–Trinajstić information content (AvgIpc) is 3.18. The molecule has 2 aromatic carbocycles. The Bertz CT molecular complexity index is 1330. The van der Waals surface area contributed by atoms with E-state index in [0.717, 1.165) is 11.0 Å². The van der Waals surface area contributed by atoms with Gasteiger partial charge in [-0.3, -0.25) is 14.1 Å². The van der Waals surface area contributed by atoms with Crippen molar-refractivity contribution in [3.8, 4) is 5.82 Å². The lowest BCUT2D eigenvalue weighted by molar-refractivity contribution is 0.102. The van der Waals surface area contributed by atoms with Crippen LogP contribution in [-0.4, -0.2) is 34.6 Å². The number of fused-ring (bicyclic) bond motifs is 1. The molecule has 0 saturated heterocycles. The van der Waals surface area contributed by atoms with E-state index >= 15 is 0 Å². The van der Waals surface area contributed by atoms with Gasteiger partial charge in [-0.25, -0.2) is 18.4 Å². The van der Waals surface area contributed by atoms with Gasteiger partial charge >= 0.3 is 0 Å². The van der Waals surface area contributed by atoms with Crippen LogP contribution < -0.4 is 10.0 Å². The summed E-state index contributed by atoms with van der Waals surface area (Å²) in [6.07, 6.45) is 3.78. The Morgan fingerprint density at radius 1 is 1.00 bits per heavy atom. The quantitative estimate of drug-likeness (QED) is 0.459. The van der Waals surface area contributed by atoms with Crippen LogP contribution in [0.1, 0.15) is 23.7 Å². The fourth-order valence-corrected chi connectivity index (χ4v) is 4.30. The van der Waals surface area contributed by atoms with Crippen LogP contribution in [0.2, 0.25) is 0 Å². The smallest absolute Gasteiger partial charge is 0.255 e. The van der Waals surface area contributed by atoms with Gasteiger partial charge in [0, 0.05) is 11.3 Å². The van der Waals surface area contributed by atoms with Crippen LogP contribution in [0.3, 0.4) is 0 Å². The van der Waals surface area contributed by atoms with Crippen LogP contribution in [-0.2, 0) is 10.0 Å². The van der Waals surface area contributed by atoms with Gasteiger partial charge in [0.1, 0.15) is 12.1 Å². The van der Waals surface area contributed by atoms with Gasteiger partial charge in [-0.05, 0) is 48.9 Å². The summed E-state index contributed by atoms with van der Waals surface area (Å²) in [5.74, 6) is 0.339. The molecule has 4 aromatic rings. The van der Waals surface area contributed by atoms with E-state index in [2.05, 4.69) is 20.0 Å². The van der Waals surface area contributed by atoms with E-state index in [-0.39, 0.29) is 11.7 Å². The number of nitrogens with one attached hydrogen (secondary N) is 2. The number of imidazole rings is 1. The minimum absolute atomic E-state index is 0.0215.